The summed E-state index contributed by atoms with van der Waals surface area (Å²) >= 11 is 0. The van der Waals surface area contributed by atoms with Crippen LogP contribution in [0.1, 0.15) is 44.9 Å². The van der Waals surface area contributed by atoms with E-state index in [4.69, 9.17) is 0 Å². The molecule has 0 N–H and O–H groups in total. The van der Waals surface area contributed by atoms with Gasteiger partial charge >= 0.3 is 0 Å². The van der Waals surface area contributed by atoms with Gasteiger partial charge in [-0.25, -0.2) is 0 Å². The topological polar surface area (TPSA) is 6.48 Å². The van der Waals surface area contributed by atoms with Crippen LogP contribution in [0.2, 0.25) is 0 Å². The van der Waals surface area contributed by atoms with Gasteiger partial charge in [-0.15, -0.1) is 0 Å². The summed E-state index contributed by atoms with van der Waals surface area (Å²) in [6.45, 7) is 4.12. The van der Waals surface area contributed by atoms with E-state index in [2.05, 4.69) is 15.9 Å². The number of hydrogen-bond donors (Lipinski definition) is 0. The lowest BCUT2D eigenvalue weighted by molar-refractivity contribution is -0.0842. The summed E-state index contributed by atoms with van der Waals surface area (Å²) in [6.07, 6.45) is 13.3. The van der Waals surface area contributed by atoms with Crippen molar-refractivity contribution < 1.29 is 0 Å². The van der Waals surface area contributed by atoms with Crippen LogP contribution in [0.5, 0.6) is 0 Å². The molecule has 0 radical (unpaired) electrons. The largest absolute Gasteiger partial charge is 0.288 e. The number of fused-ring (bicyclic) bond motifs is 2. The van der Waals surface area contributed by atoms with Crippen LogP contribution >= 0.6 is 0 Å². The van der Waals surface area contributed by atoms with E-state index in [-0.39, 0.29) is 0 Å². The molecule has 1 aliphatic carbocycles. The Kier molecular flexibility index (Phi) is 2.55. The Morgan fingerprint density at radius 1 is 1.06 bits per heavy atom. The highest BCUT2D eigenvalue weighted by Gasteiger charge is 2.45. The van der Waals surface area contributed by atoms with E-state index in [0.29, 0.717) is 0 Å². The number of rotatable bonds is 0. The van der Waals surface area contributed by atoms with Gasteiger partial charge in [-0.3, -0.25) is 9.80 Å². The maximum atomic E-state index is 2.88. The first-order valence-corrected chi connectivity index (χ1v) is 7.62. The summed E-state index contributed by atoms with van der Waals surface area (Å²) in [5.41, 5.74) is 1.80. The zero-order valence-electron chi connectivity index (χ0n) is 10.8. The Balaban J connectivity index is 1.67. The van der Waals surface area contributed by atoms with Gasteiger partial charge in [0.1, 0.15) is 0 Å². The van der Waals surface area contributed by atoms with Crippen LogP contribution in [0, 0.1) is 5.92 Å². The third-order valence-electron chi connectivity index (χ3n) is 5.44. The molecule has 0 amide bonds. The molecular weight excluding hydrogens is 208 g/mol. The van der Waals surface area contributed by atoms with Crippen LogP contribution in [0.15, 0.2) is 11.6 Å². The van der Waals surface area contributed by atoms with E-state index >= 15 is 0 Å². The van der Waals surface area contributed by atoms with Crippen LogP contribution in [0.4, 0.5) is 0 Å². The predicted octanol–water partition coefficient (Wildman–Crippen LogP) is 2.61. The molecule has 17 heavy (non-hydrogen) atoms. The van der Waals surface area contributed by atoms with E-state index in [0.717, 1.165) is 18.1 Å². The minimum atomic E-state index is 0.798. The third kappa shape index (κ3) is 1.61. The second-order valence-electron chi connectivity index (χ2n) is 6.37. The van der Waals surface area contributed by atoms with Crippen LogP contribution in [0.25, 0.3) is 0 Å². The molecular formula is C15H24N2. The Hall–Kier alpha value is -0.340. The van der Waals surface area contributed by atoms with Gasteiger partial charge in [0.2, 0.25) is 0 Å². The highest BCUT2D eigenvalue weighted by Crippen LogP contribution is 2.42. The van der Waals surface area contributed by atoms with E-state index in [1.807, 2.05) is 0 Å². The fourth-order valence-electron chi connectivity index (χ4n) is 4.79. The molecule has 4 rings (SSSR count). The predicted molar refractivity (Wildman–Crippen MR) is 69.7 cm³/mol. The molecule has 0 aromatic heterocycles. The molecule has 0 unspecified atom stereocenters. The zero-order valence-corrected chi connectivity index (χ0v) is 10.8. The Bertz CT molecular complexity index is 336. The molecule has 0 aromatic rings. The molecule has 4 aliphatic rings. The minimum absolute atomic E-state index is 0.798. The summed E-state index contributed by atoms with van der Waals surface area (Å²) in [7, 11) is 0. The third-order valence-corrected chi connectivity index (χ3v) is 5.44. The van der Waals surface area contributed by atoms with Gasteiger partial charge in [0, 0.05) is 19.1 Å². The second-order valence-corrected chi connectivity index (χ2v) is 6.37. The minimum Gasteiger partial charge on any atom is -0.288 e. The quantitative estimate of drug-likeness (QED) is 0.592. The Morgan fingerprint density at radius 2 is 2.06 bits per heavy atom. The normalized spacial score (nSPS) is 42.6. The van der Waals surface area contributed by atoms with Gasteiger partial charge < -0.3 is 0 Å². The van der Waals surface area contributed by atoms with Gasteiger partial charge in [0.15, 0.2) is 0 Å². The number of piperidine rings is 2. The van der Waals surface area contributed by atoms with Crippen LogP contribution in [0.3, 0.4) is 0 Å². The van der Waals surface area contributed by atoms with Crippen LogP contribution in [-0.2, 0) is 0 Å². The van der Waals surface area contributed by atoms with E-state index in [9.17, 15) is 0 Å². The number of allylic oxidation sites excluding steroid dienone is 1. The average Bonchev–Trinajstić information content (AvgIpc) is 2.39. The lowest BCUT2D eigenvalue weighted by Gasteiger charge is -2.57. The summed E-state index contributed by atoms with van der Waals surface area (Å²) in [5, 5.41) is 0. The molecule has 3 aliphatic heterocycles. The van der Waals surface area contributed by atoms with Gasteiger partial charge in [0.05, 0.1) is 6.17 Å². The first-order chi connectivity index (χ1) is 8.43. The molecule has 2 nitrogen and oxygen atoms in total. The molecule has 2 heteroatoms. The molecule has 3 saturated heterocycles. The van der Waals surface area contributed by atoms with Crippen molar-refractivity contribution in [3.8, 4) is 0 Å². The summed E-state index contributed by atoms with van der Waals surface area (Å²) in [4.78, 5) is 5.68. The van der Waals surface area contributed by atoms with Gasteiger partial charge in [-0.05, 0) is 57.4 Å². The molecule has 0 saturated carbocycles. The van der Waals surface area contributed by atoms with Gasteiger partial charge in [0.25, 0.3) is 0 Å². The lowest BCUT2D eigenvalue weighted by Crippen LogP contribution is -2.65. The Morgan fingerprint density at radius 3 is 3.06 bits per heavy atom. The molecule has 0 aromatic carbocycles. The molecule has 0 bridgehead atoms. The highest BCUT2D eigenvalue weighted by atomic mass is 15.4. The Labute approximate surface area is 105 Å². The monoisotopic (exact) mass is 232 g/mol. The van der Waals surface area contributed by atoms with Crippen molar-refractivity contribution in [3.05, 3.63) is 11.6 Å². The van der Waals surface area contributed by atoms with Gasteiger partial charge in [-0.2, -0.15) is 0 Å². The van der Waals surface area contributed by atoms with E-state index in [1.54, 1.807) is 5.57 Å². The maximum Gasteiger partial charge on any atom is 0.0627 e. The van der Waals surface area contributed by atoms with E-state index < -0.39 is 0 Å². The summed E-state index contributed by atoms with van der Waals surface area (Å²) in [5.74, 6) is 0.949. The molecule has 3 heterocycles. The molecule has 0 spiro atoms. The van der Waals surface area contributed by atoms with Crippen molar-refractivity contribution in [2.24, 2.45) is 5.92 Å². The number of hydrogen-bond acceptors (Lipinski definition) is 2. The summed E-state index contributed by atoms with van der Waals surface area (Å²) < 4.78 is 0. The van der Waals surface area contributed by atoms with Crippen molar-refractivity contribution in [3.63, 3.8) is 0 Å². The number of nitrogens with zero attached hydrogens (tertiary/aromatic N) is 2. The zero-order chi connectivity index (χ0) is 11.2. The lowest BCUT2D eigenvalue weighted by atomic mass is 9.76. The first-order valence-electron chi connectivity index (χ1n) is 7.62. The van der Waals surface area contributed by atoms with Crippen molar-refractivity contribution in [1.82, 2.24) is 9.80 Å². The standard InChI is InChI=1S/C15H24N2/c1-2-9-16-11-13-6-3-5-12-7-4-10-17(15(12)13)14(16)8-1/h5,13-15H,1-4,6-11H2/t13-,14+,15-/m1/s1. The van der Waals surface area contributed by atoms with Crippen molar-refractivity contribution >= 4 is 0 Å². The van der Waals surface area contributed by atoms with Gasteiger partial charge in [-0.1, -0.05) is 11.6 Å². The fraction of sp³-hybridized carbons (Fsp3) is 0.867. The van der Waals surface area contributed by atoms with Crippen molar-refractivity contribution in [2.45, 2.75) is 57.2 Å². The van der Waals surface area contributed by atoms with Crippen LogP contribution < -0.4 is 0 Å². The molecule has 3 atom stereocenters. The highest BCUT2D eigenvalue weighted by molar-refractivity contribution is 5.21. The average molecular weight is 232 g/mol. The maximum absolute atomic E-state index is 2.88. The summed E-state index contributed by atoms with van der Waals surface area (Å²) in [6, 6.07) is 0.844. The second kappa shape index (κ2) is 4.10. The first kappa shape index (κ1) is 10.6. The SMILES string of the molecule is C1=C2CCCN3[C@H]2[C@H](CC1)CN1CCCC[C@@H]13. The molecule has 3 fully saturated rings. The van der Waals surface area contributed by atoms with Crippen molar-refractivity contribution in [1.29, 1.82) is 0 Å². The van der Waals surface area contributed by atoms with E-state index in [1.165, 1.54) is 64.6 Å². The fourth-order valence-corrected chi connectivity index (χ4v) is 4.79. The smallest absolute Gasteiger partial charge is 0.0627 e. The molecule has 94 valence electrons. The van der Waals surface area contributed by atoms with Crippen molar-refractivity contribution in [2.75, 3.05) is 19.6 Å². The van der Waals surface area contributed by atoms with Crippen LogP contribution in [-0.4, -0.2) is 41.6 Å².